The lowest BCUT2D eigenvalue weighted by atomic mass is 10.1. The normalized spacial score (nSPS) is 22.7. The molecule has 2 atom stereocenters. The maximum atomic E-state index is 11.1. The Labute approximate surface area is 104 Å². The third kappa shape index (κ3) is 2.42. The molecule has 1 saturated carbocycles. The number of rotatable bonds is 2. The molecule has 1 aromatic carbocycles. The Hall–Kier alpha value is -0.930. The molecule has 0 saturated heterocycles. The number of carbonyl (C=O) groups excluding carboxylic acids is 1. The number of hydrogen-bond acceptors (Lipinski definition) is 1. The van der Waals surface area contributed by atoms with Crippen molar-refractivity contribution >= 4 is 29.2 Å². The molecule has 1 aromatic rings. The van der Waals surface area contributed by atoms with Crippen molar-refractivity contribution in [1.82, 2.24) is 10.6 Å². The highest BCUT2D eigenvalue weighted by Crippen LogP contribution is 2.44. The zero-order valence-corrected chi connectivity index (χ0v) is 10.3. The fourth-order valence-electron chi connectivity index (χ4n) is 1.74. The predicted molar refractivity (Wildman–Crippen MR) is 65.2 cm³/mol. The first-order valence-corrected chi connectivity index (χ1v) is 5.80. The first-order chi connectivity index (χ1) is 7.61. The van der Waals surface area contributed by atoms with E-state index in [2.05, 4.69) is 10.6 Å². The van der Waals surface area contributed by atoms with E-state index in [9.17, 15) is 4.79 Å². The molecule has 16 heavy (non-hydrogen) atoms. The molecule has 1 fully saturated rings. The molecule has 5 heteroatoms. The van der Waals surface area contributed by atoms with Crippen LogP contribution >= 0.6 is 23.2 Å². The average molecular weight is 259 g/mol. The molecule has 1 aliphatic rings. The number of benzene rings is 1. The number of urea groups is 1. The van der Waals surface area contributed by atoms with Gasteiger partial charge in [-0.05, 0) is 24.1 Å². The maximum absolute atomic E-state index is 11.1. The summed E-state index contributed by atoms with van der Waals surface area (Å²) in [6.07, 6.45) is 0.925. The summed E-state index contributed by atoms with van der Waals surface area (Å²) in [5.41, 5.74) is 1.05. The SMILES string of the molecule is CNC(=O)NC1CC1c1ccc(Cl)cc1Cl. The molecule has 2 unspecified atom stereocenters. The molecule has 0 bridgehead atoms. The number of halogens is 2. The molecule has 1 aliphatic carbocycles. The zero-order chi connectivity index (χ0) is 11.7. The smallest absolute Gasteiger partial charge is 0.314 e. The summed E-state index contributed by atoms with van der Waals surface area (Å²) in [7, 11) is 1.60. The van der Waals surface area contributed by atoms with Gasteiger partial charge >= 0.3 is 6.03 Å². The van der Waals surface area contributed by atoms with Crippen molar-refractivity contribution in [3.63, 3.8) is 0 Å². The molecular weight excluding hydrogens is 247 g/mol. The summed E-state index contributed by atoms with van der Waals surface area (Å²) in [4.78, 5) is 11.1. The standard InChI is InChI=1S/C11H12Cl2N2O/c1-14-11(16)15-10-5-8(10)7-3-2-6(12)4-9(7)13/h2-4,8,10H,5H2,1H3,(H2,14,15,16). The summed E-state index contributed by atoms with van der Waals surface area (Å²) >= 11 is 11.9. The van der Waals surface area contributed by atoms with E-state index in [1.807, 2.05) is 12.1 Å². The van der Waals surface area contributed by atoms with Crippen LogP contribution in [0.25, 0.3) is 0 Å². The van der Waals surface area contributed by atoms with Gasteiger partial charge in [0.25, 0.3) is 0 Å². The molecular formula is C11H12Cl2N2O. The predicted octanol–water partition coefficient (Wildman–Crippen LogP) is 2.78. The fourth-order valence-corrected chi connectivity index (χ4v) is 2.29. The van der Waals surface area contributed by atoms with Crippen molar-refractivity contribution in [2.45, 2.75) is 18.4 Å². The lowest BCUT2D eigenvalue weighted by molar-refractivity contribution is 0.242. The molecule has 3 nitrogen and oxygen atoms in total. The second-order valence-corrected chi connectivity index (χ2v) is 4.68. The number of amides is 2. The minimum Gasteiger partial charge on any atom is -0.341 e. The van der Waals surface area contributed by atoms with Crippen LogP contribution in [-0.4, -0.2) is 19.1 Å². The van der Waals surface area contributed by atoms with Crippen LogP contribution < -0.4 is 10.6 Å². The Morgan fingerprint density at radius 1 is 1.44 bits per heavy atom. The zero-order valence-electron chi connectivity index (χ0n) is 8.76. The first-order valence-electron chi connectivity index (χ1n) is 5.05. The van der Waals surface area contributed by atoms with Crippen molar-refractivity contribution in [3.8, 4) is 0 Å². The van der Waals surface area contributed by atoms with E-state index >= 15 is 0 Å². The van der Waals surface area contributed by atoms with Crippen molar-refractivity contribution in [2.24, 2.45) is 0 Å². The van der Waals surface area contributed by atoms with Gasteiger partial charge in [0.05, 0.1) is 0 Å². The average Bonchev–Trinajstić information content (AvgIpc) is 2.97. The topological polar surface area (TPSA) is 41.1 Å². The highest BCUT2D eigenvalue weighted by atomic mass is 35.5. The van der Waals surface area contributed by atoms with Crippen LogP contribution in [0.15, 0.2) is 18.2 Å². The van der Waals surface area contributed by atoms with Gasteiger partial charge in [0.1, 0.15) is 0 Å². The van der Waals surface area contributed by atoms with Crippen LogP contribution in [0.4, 0.5) is 4.79 Å². The Kier molecular flexibility index (Phi) is 3.26. The second kappa shape index (κ2) is 4.52. The van der Waals surface area contributed by atoms with Gasteiger partial charge in [-0.1, -0.05) is 29.3 Å². The summed E-state index contributed by atoms with van der Waals surface area (Å²) < 4.78 is 0. The summed E-state index contributed by atoms with van der Waals surface area (Å²) in [6.45, 7) is 0. The van der Waals surface area contributed by atoms with Crippen LogP contribution in [0.5, 0.6) is 0 Å². The molecule has 0 aliphatic heterocycles. The number of nitrogens with one attached hydrogen (secondary N) is 2. The largest absolute Gasteiger partial charge is 0.341 e. The maximum Gasteiger partial charge on any atom is 0.314 e. The quantitative estimate of drug-likeness (QED) is 0.842. The van der Waals surface area contributed by atoms with Gasteiger partial charge in [0, 0.05) is 29.1 Å². The van der Waals surface area contributed by atoms with Gasteiger partial charge in [0.15, 0.2) is 0 Å². The first kappa shape index (κ1) is 11.6. The Morgan fingerprint density at radius 3 is 2.81 bits per heavy atom. The van der Waals surface area contributed by atoms with Crippen LogP contribution in [0.2, 0.25) is 10.0 Å². The van der Waals surface area contributed by atoms with E-state index in [1.165, 1.54) is 0 Å². The lowest BCUT2D eigenvalue weighted by Crippen LogP contribution is -2.34. The van der Waals surface area contributed by atoms with Crippen molar-refractivity contribution < 1.29 is 4.79 Å². The molecule has 2 rings (SSSR count). The molecule has 0 spiro atoms. The highest BCUT2D eigenvalue weighted by molar-refractivity contribution is 6.35. The van der Waals surface area contributed by atoms with E-state index in [0.29, 0.717) is 16.0 Å². The number of hydrogen-bond donors (Lipinski definition) is 2. The van der Waals surface area contributed by atoms with Crippen LogP contribution in [0.1, 0.15) is 17.9 Å². The monoisotopic (exact) mass is 258 g/mol. The fraction of sp³-hybridized carbons (Fsp3) is 0.364. The minimum atomic E-state index is -0.155. The van der Waals surface area contributed by atoms with Crippen LogP contribution in [0.3, 0.4) is 0 Å². The van der Waals surface area contributed by atoms with E-state index in [0.717, 1.165) is 12.0 Å². The van der Waals surface area contributed by atoms with E-state index in [-0.39, 0.29) is 12.1 Å². The van der Waals surface area contributed by atoms with Gasteiger partial charge in [-0.2, -0.15) is 0 Å². The molecule has 2 amide bonds. The van der Waals surface area contributed by atoms with Gasteiger partial charge in [-0.25, -0.2) is 4.79 Å². The molecule has 0 aromatic heterocycles. The minimum absolute atomic E-state index is 0.155. The van der Waals surface area contributed by atoms with Gasteiger partial charge in [-0.3, -0.25) is 0 Å². The lowest BCUT2D eigenvalue weighted by Gasteiger charge is -2.05. The van der Waals surface area contributed by atoms with Gasteiger partial charge < -0.3 is 10.6 Å². The van der Waals surface area contributed by atoms with Crippen molar-refractivity contribution in [3.05, 3.63) is 33.8 Å². The Morgan fingerprint density at radius 2 is 2.19 bits per heavy atom. The van der Waals surface area contributed by atoms with E-state index < -0.39 is 0 Å². The Balaban J connectivity index is 2.03. The number of carbonyl (C=O) groups is 1. The highest BCUT2D eigenvalue weighted by Gasteiger charge is 2.40. The van der Waals surface area contributed by atoms with Crippen LogP contribution in [-0.2, 0) is 0 Å². The van der Waals surface area contributed by atoms with Crippen molar-refractivity contribution in [2.75, 3.05) is 7.05 Å². The van der Waals surface area contributed by atoms with Crippen LogP contribution in [0, 0.1) is 0 Å². The van der Waals surface area contributed by atoms with E-state index in [4.69, 9.17) is 23.2 Å². The van der Waals surface area contributed by atoms with Gasteiger partial charge in [-0.15, -0.1) is 0 Å². The Bertz CT molecular complexity index is 422. The molecule has 86 valence electrons. The molecule has 2 N–H and O–H groups in total. The molecule has 0 heterocycles. The summed E-state index contributed by atoms with van der Waals surface area (Å²) in [5.74, 6) is 0.307. The summed E-state index contributed by atoms with van der Waals surface area (Å²) in [6, 6.07) is 5.49. The third-order valence-electron chi connectivity index (χ3n) is 2.70. The third-order valence-corrected chi connectivity index (χ3v) is 3.26. The molecule has 0 radical (unpaired) electrons. The van der Waals surface area contributed by atoms with Crippen molar-refractivity contribution in [1.29, 1.82) is 0 Å². The van der Waals surface area contributed by atoms with Gasteiger partial charge in [0.2, 0.25) is 0 Å². The summed E-state index contributed by atoms with van der Waals surface area (Å²) in [5, 5.41) is 6.68. The second-order valence-electron chi connectivity index (χ2n) is 3.84. The van der Waals surface area contributed by atoms with E-state index in [1.54, 1.807) is 13.1 Å².